The molecule has 2 aromatic rings. The average molecular weight is 371 g/mol. The quantitative estimate of drug-likeness (QED) is 0.856. The smallest absolute Gasteiger partial charge is 0.211 e. The summed E-state index contributed by atoms with van der Waals surface area (Å²) in [7, 11) is -3.63. The van der Waals surface area contributed by atoms with E-state index in [1.807, 2.05) is 12.1 Å². The molecule has 3 nitrogen and oxygen atoms in total. The first-order chi connectivity index (χ1) is 9.38. The van der Waals surface area contributed by atoms with Crippen LogP contribution >= 0.6 is 46.1 Å². The third-order valence-electron chi connectivity index (χ3n) is 2.53. The second-order valence-electron chi connectivity index (χ2n) is 3.96. The molecule has 0 saturated carbocycles. The number of hydrogen-bond donors (Lipinski definition) is 1. The molecular formula is C12H10Cl3NO2S2. The Morgan fingerprint density at radius 3 is 2.30 bits per heavy atom. The molecule has 0 atom stereocenters. The van der Waals surface area contributed by atoms with Crippen molar-refractivity contribution < 1.29 is 8.42 Å². The van der Waals surface area contributed by atoms with E-state index in [1.54, 1.807) is 12.1 Å². The zero-order valence-electron chi connectivity index (χ0n) is 10.1. The highest BCUT2D eigenvalue weighted by Crippen LogP contribution is 2.33. The maximum absolute atomic E-state index is 12.0. The van der Waals surface area contributed by atoms with E-state index in [2.05, 4.69) is 4.72 Å². The first-order valence-corrected chi connectivity index (χ1v) is 9.01. The van der Waals surface area contributed by atoms with Gasteiger partial charge in [-0.3, -0.25) is 0 Å². The number of halogens is 3. The van der Waals surface area contributed by atoms with Gasteiger partial charge in [-0.25, -0.2) is 13.1 Å². The third-order valence-corrected chi connectivity index (χ3v) is 6.00. The molecule has 0 bridgehead atoms. The van der Waals surface area contributed by atoms with Crippen molar-refractivity contribution in [1.29, 1.82) is 0 Å². The van der Waals surface area contributed by atoms with E-state index >= 15 is 0 Å². The van der Waals surface area contributed by atoms with Crippen LogP contribution in [0.3, 0.4) is 0 Å². The second kappa shape index (κ2) is 6.64. The second-order valence-corrected chi connectivity index (χ2v) is 8.42. The molecule has 0 aliphatic rings. The number of rotatable bonds is 5. The molecule has 1 aromatic carbocycles. The molecule has 0 aliphatic carbocycles. The summed E-state index contributed by atoms with van der Waals surface area (Å²) >= 11 is 18.4. The van der Waals surface area contributed by atoms with Crippen LogP contribution in [0.25, 0.3) is 0 Å². The summed E-state index contributed by atoms with van der Waals surface area (Å²) in [5.74, 6) is 0. The lowest BCUT2D eigenvalue weighted by Gasteiger charge is -2.06. The lowest BCUT2D eigenvalue weighted by Crippen LogP contribution is -2.25. The molecule has 8 heteroatoms. The van der Waals surface area contributed by atoms with Gasteiger partial charge in [-0.05, 0) is 30.2 Å². The lowest BCUT2D eigenvalue weighted by atomic mass is 10.2. The molecule has 0 amide bonds. The summed E-state index contributed by atoms with van der Waals surface area (Å²) in [5, 5.41) is 0.647. The summed E-state index contributed by atoms with van der Waals surface area (Å²) in [6.07, 6.45) is 0.561. The molecule has 20 heavy (non-hydrogen) atoms. The van der Waals surface area contributed by atoms with Crippen molar-refractivity contribution in [2.75, 3.05) is 6.54 Å². The fourth-order valence-corrected chi connectivity index (χ4v) is 4.87. The van der Waals surface area contributed by atoms with Crippen LogP contribution in [0.1, 0.15) is 5.56 Å². The Hall–Kier alpha value is -0.300. The fourth-order valence-electron chi connectivity index (χ4n) is 1.57. The fraction of sp³-hybridized carbons (Fsp3) is 0.167. The highest BCUT2D eigenvalue weighted by atomic mass is 35.5. The number of sulfonamides is 1. The Bertz CT molecular complexity index is 696. The van der Waals surface area contributed by atoms with Gasteiger partial charge >= 0.3 is 0 Å². The summed E-state index contributed by atoms with van der Waals surface area (Å²) in [6, 6.07) is 8.58. The van der Waals surface area contributed by atoms with Gasteiger partial charge in [0.25, 0.3) is 0 Å². The largest absolute Gasteiger partial charge is 0.242 e. The van der Waals surface area contributed by atoms with Crippen LogP contribution in [0.5, 0.6) is 0 Å². The van der Waals surface area contributed by atoms with Gasteiger partial charge in [0, 0.05) is 11.6 Å². The van der Waals surface area contributed by atoms with E-state index in [4.69, 9.17) is 34.8 Å². The van der Waals surface area contributed by atoms with Gasteiger partial charge < -0.3 is 0 Å². The Morgan fingerprint density at radius 1 is 1.10 bits per heavy atom. The minimum absolute atomic E-state index is 0.0188. The van der Waals surface area contributed by atoms with E-state index < -0.39 is 10.0 Å². The van der Waals surface area contributed by atoms with Gasteiger partial charge in [-0.15, -0.1) is 11.3 Å². The predicted octanol–water partition coefficient (Wildman–Crippen LogP) is 4.23. The van der Waals surface area contributed by atoms with Crippen LogP contribution in [-0.2, 0) is 16.4 Å². The Balaban J connectivity index is 1.99. The Morgan fingerprint density at radius 2 is 1.75 bits per heavy atom. The molecular weight excluding hydrogens is 361 g/mol. The van der Waals surface area contributed by atoms with Gasteiger partial charge in [0.05, 0.1) is 4.34 Å². The predicted molar refractivity (Wildman–Crippen MR) is 84.7 cm³/mol. The highest BCUT2D eigenvalue weighted by Gasteiger charge is 2.20. The zero-order chi connectivity index (χ0) is 14.8. The number of hydrogen-bond acceptors (Lipinski definition) is 3. The summed E-state index contributed by atoms with van der Waals surface area (Å²) in [6.45, 7) is 0.272. The number of benzene rings is 1. The van der Waals surface area contributed by atoms with E-state index in [0.29, 0.717) is 15.8 Å². The lowest BCUT2D eigenvalue weighted by molar-refractivity contribution is 0.582. The van der Waals surface area contributed by atoms with E-state index in [-0.39, 0.29) is 15.8 Å². The van der Waals surface area contributed by atoms with Crippen LogP contribution in [0.4, 0.5) is 0 Å². The summed E-state index contributed by atoms with van der Waals surface area (Å²) in [5.41, 5.74) is 0.992. The first kappa shape index (κ1) is 16.1. The maximum Gasteiger partial charge on any atom is 0.242 e. The topological polar surface area (TPSA) is 46.2 Å². The molecule has 0 unspecified atom stereocenters. The molecule has 0 saturated heterocycles. The average Bonchev–Trinajstić information content (AvgIpc) is 2.72. The molecule has 0 fully saturated rings. The van der Waals surface area contributed by atoms with Crippen LogP contribution < -0.4 is 4.72 Å². The van der Waals surface area contributed by atoms with Crippen molar-refractivity contribution in [3.63, 3.8) is 0 Å². The van der Waals surface area contributed by atoms with Gasteiger partial charge in [0.15, 0.2) is 0 Å². The zero-order valence-corrected chi connectivity index (χ0v) is 14.0. The van der Waals surface area contributed by atoms with E-state index in [9.17, 15) is 8.42 Å². The molecule has 2 rings (SSSR count). The van der Waals surface area contributed by atoms with Gasteiger partial charge in [-0.2, -0.15) is 0 Å². The van der Waals surface area contributed by atoms with Crippen molar-refractivity contribution in [1.82, 2.24) is 4.72 Å². The molecule has 0 radical (unpaired) electrons. The molecule has 0 aliphatic heterocycles. The van der Waals surface area contributed by atoms with Crippen LogP contribution in [0, 0.1) is 0 Å². The van der Waals surface area contributed by atoms with Crippen molar-refractivity contribution in [3.8, 4) is 0 Å². The monoisotopic (exact) mass is 369 g/mol. The summed E-state index contributed by atoms with van der Waals surface area (Å²) in [4.78, 5) is 0.0188. The van der Waals surface area contributed by atoms with Gasteiger partial charge in [0.2, 0.25) is 10.0 Å². The molecule has 0 spiro atoms. The summed E-state index contributed by atoms with van der Waals surface area (Å²) < 4.78 is 27.1. The first-order valence-electron chi connectivity index (χ1n) is 5.57. The third kappa shape index (κ3) is 4.10. The number of thiophene rings is 1. The Labute approximate surface area is 136 Å². The minimum Gasteiger partial charge on any atom is -0.211 e. The van der Waals surface area contributed by atoms with Crippen LogP contribution in [0.15, 0.2) is 35.2 Å². The normalized spacial score (nSPS) is 11.8. The maximum atomic E-state index is 12.0. The SMILES string of the molecule is O=S(=O)(NCCc1ccc(Cl)cc1)c1cc(Cl)sc1Cl. The minimum atomic E-state index is -3.63. The Kier molecular flexibility index (Phi) is 5.34. The highest BCUT2D eigenvalue weighted by molar-refractivity contribution is 7.89. The number of nitrogens with one attached hydrogen (secondary N) is 1. The van der Waals surface area contributed by atoms with Crippen molar-refractivity contribution in [3.05, 3.63) is 49.6 Å². The molecule has 1 N–H and O–H groups in total. The van der Waals surface area contributed by atoms with Crippen molar-refractivity contribution >= 4 is 56.2 Å². The van der Waals surface area contributed by atoms with Crippen molar-refractivity contribution in [2.45, 2.75) is 11.3 Å². The van der Waals surface area contributed by atoms with Gasteiger partial charge in [0.1, 0.15) is 9.23 Å². The molecule has 108 valence electrons. The van der Waals surface area contributed by atoms with Crippen molar-refractivity contribution in [2.24, 2.45) is 0 Å². The van der Waals surface area contributed by atoms with E-state index in [0.717, 1.165) is 16.9 Å². The molecule has 1 heterocycles. The van der Waals surface area contributed by atoms with Gasteiger partial charge in [-0.1, -0.05) is 46.9 Å². The van der Waals surface area contributed by atoms with E-state index in [1.165, 1.54) is 6.07 Å². The molecule has 1 aromatic heterocycles. The van der Waals surface area contributed by atoms with Crippen LogP contribution in [0.2, 0.25) is 13.7 Å². The standard InChI is InChI=1S/C12H10Cl3NO2S2/c13-9-3-1-8(2-4-9)5-6-16-20(17,18)10-7-11(14)19-12(10)15/h1-4,7,16H,5-6H2. The van der Waals surface area contributed by atoms with Crippen LogP contribution in [-0.4, -0.2) is 15.0 Å².